The van der Waals surface area contributed by atoms with Crippen LogP contribution in [0.5, 0.6) is 0 Å². The summed E-state index contributed by atoms with van der Waals surface area (Å²) in [5.41, 5.74) is 0. The lowest BCUT2D eigenvalue weighted by molar-refractivity contribution is -0.167. The molecule has 2 atom stereocenters. The highest BCUT2D eigenvalue weighted by Crippen LogP contribution is 2.19. The van der Waals surface area contributed by atoms with E-state index in [-0.39, 0.29) is 31.1 Å². The van der Waals surface area contributed by atoms with Crippen molar-refractivity contribution < 1.29 is 28.6 Å². The van der Waals surface area contributed by atoms with Gasteiger partial charge >= 0.3 is 17.9 Å². The van der Waals surface area contributed by atoms with Crippen LogP contribution in [0.1, 0.15) is 324 Å². The molecule has 0 rings (SSSR count). The summed E-state index contributed by atoms with van der Waals surface area (Å²) in [6, 6.07) is 0. The fourth-order valence-corrected chi connectivity index (χ4v) is 8.97. The highest BCUT2D eigenvalue weighted by atomic mass is 16.6. The van der Waals surface area contributed by atoms with E-state index < -0.39 is 6.10 Å². The summed E-state index contributed by atoms with van der Waals surface area (Å²) in [7, 11) is 0. The number of unbranched alkanes of at least 4 members (excludes halogenated alkanes) is 34. The summed E-state index contributed by atoms with van der Waals surface area (Å²) >= 11 is 0. The molecule has 0 spiro atoms. The van der Waals surface area contributed by atoms with Crippen molar-refractivity contribution in [2.45, 2.75) is 330 Å². The molecule has 0 fully saturated rings. The van der Waals surface area contributed by atoms with Crippen LogP contribution in [0.2, 0.25) is 0 Å². The van der Waals surface area contributed by atoms with Crippen molar-refractivity contribution >= 4 is 17.9 Å². The zero-order valence-corrected chi connectivity index (χ0v) is 44.8. The third-order valence-corrected chi connectivity index (χ3v) is 13.8. The van der Waals surface area contributed by atoms with Gasteiger partial charge in [0.25, 0.3) is 0 Å². The highest BCUT2D eigenvalue weighted by Gasteiger charge is 2.19. The molecule has 0 saturated heterocycles. The molecule has 0 bridgehead atoms. The van der Waals surface area contributed by atoms with Crippen molar-refractivity contribution in [2.24, 2.45) is 17.8 Å². The van der Waals surface area contributed by atoms with E-state index in [1.165, 1.54) is 205 Å². The highest BCUT2D eigenvalue weighted by molar-refractivity contribution is 5.71. The minimum absolute atomic E-state index is 0.0639. The first kappa shape index (κ1) is 63.4. The molecule has 0 aromatic carbocycles. The molecular weight excluding hydrogens is 805 g/mol. The van der Waals surface area contributed by atoms with Gasteiger partial charge in [0.1, 0.15) is 13.2 Å². The Balaban J connectivity index is 4.24. The van der Waals surface area contributed by atoms with Gasteiger partial charge in [0.05, 0.1) is 0 Å². The Morgan fingerprint density at radius 2 is 0.538 bits per heavy atom. The van der Waals surface area contributed by atoms with Gasteiger partial charge in [-0.1, -0.05) is 286 Å². The summed E-state index contributed by atoms with van der Waals surface area (Å²) in [6.45, 7) is 13.8. The standard InChI is InChI=1S/C59H114O6/c1-7-55(6)47-41-35-29-25-26-31-37-43-49-58(61)64-52-56(65-59(62)50-44-38-32-24-20-16-18-22-28-34-40-46-54(4)5)51-63-57(60)48-42-36-30-23-19-15-13-11-9-8-10-12-14-17-21-27-33-39-45-53(2)3/h53-56H,7-52H2,1-6H3/t55?,56-/m0/s1. The van der Waals surface area contributed by atoms with Gasteiger partial charge in [-0.05, 0) is 37.0 Å². The van der Waals surface area contributed by atoms with Crippen LogP contribution in [0.25, 0.3) is 0 Å². The van der Waals surface area contributed by atoms with Gasteiger partial charge in [0.2, 0.25) is 0 Å². The minimum atomic E-state index is -0.764. The van der Waals surface area contributed by atoms with Crippen LogP contribution < -0.4 is 0 Å². The third kappa shape index (κ3) is 51.6. The van der Waals surface area contributed by atoms with Crippen LogP contribution in [0, 0.1) is 17.8 Å². The average molecular weight is 920 g/mol. The van der Waals surface area contributed by atoms with E-state index in [4.69, 9.17) is 14.2 Å². The van der Waals surface area contributed by atoms with Gasteiger partial charge in [-0.3, -0.25) is 14.4 Å². The SMILES string of the molecule is CCC(C)CCCCCCCCCCC(=O)OC[C@H](COC(=O)CCCCCCCCCCCCCCCCCCCCC(C)C)OC(=O)CCCCCCCCCCCCCC(C)C. The molecule has 0 heterocycles. The van der Waals surface area contributed by atoms with E-state index in [1.54, 1.807) is 0 Å². The van der Waals surface area contributed by atoms with E-state index in [0.29, 0.717) is 19.3 Å². The fourth-order valence-electron chi connectivity index (χ4n) is 8.97. The molecule has 0 amide bonds. The molecule has 0 radical (unpaired) electrons. The molecule has 1 unspecified atom stereocenters. The van der Waals surface area contributed by atoms with Crippen LogP contribution in [0.4, 0.5) is 0 Å². The van der Waals surface area contributed by atoms with Crippen molar-refractivity contribution in [3.05, 3.63) is 0 Å². The van der Waals surface area contributed by atoms with Crippen molar-refractivity contribution in [2.75, 3.05) is 13.2 Å². The lowest BCUT2D eigenvalue weighted by Crippen LogP contribution is -2.30. The van der Waals surface area contributed by atoms with Crippen LogP contribution in [0.3, 0.4) is 0 Å². The summed E-state index contributed by atoms with van der Waals surface area (Å²) in [5.74, 6) is 1.69. The predicted octanol–water partition coefficient (Wildman–Crippen LogP) is 19.1. The van der Waals surface area contributed by atoms with Crippen molar-refractivity contribution in [3.8, 4) is 0 Å². The number of esters is 3. The van der Waals surface area contributed by atoms with E-state index in [9.17, 15) is 14.4 Å². The van der Waals surface area contributed by atoms with E-state index >= 15 is 0 Å². The maximum Gasteiger partial charge on any atom is 0.306 e. The van der Waals surface area contributed by atoms with Gasteiger partial charge in [0.15, 0.2) is 6.10 Å². The first-order chi connectivity index (χ1) is 31.6. The third-order valence-electron chi connectivity index (χ3n) is 13.8. The van der Waals surface area contributed by atoms with Crippen molar-refractivity contribution in [1.29, 1.82) is 0 Å². The summed E-state index contributed by atoms with van der Waals surface area (Å²) in [5, 5.41) is 0. The molecule has 65 heavy (non-hydrogen) atoms. The molecule has 6 heteroatoms. The second-order valence-electron chi connectivity index (χ2n) is 21.5. The molecule has 0 aliphatic heterocycles. The monoisotopic (exact) mass is 919 g/mol. The Labute approximate surface area is 406 Å². The molecule has 0 N–H and O–H groups in total. The zero-order valence-electron chi connectivity index (χ0n) is 44.8. The number of hydrogen-bond donors (Lipinski definition) is 0. The van der Waals surface area contributed by atoms with Gasteiger partial charge in [-0.2, -0.15) is 0 Å². The van der Waals surface area contributed by atoms with Gasteiger partial charge in [0, 0.05) is 19.3 Å². The summed E-state index contributed by atoms with van der Waals surface area (Å²) in [6.07, 6.45) is 52.4. The maximum absolute atomic E-state index is 12.8. The van der Waals surface area contributed by atoms with Gasteiger partial charge in [-0.25, -0.2) is 0 Å². The summed E-state index contributed by atoms with van der Waals surface area (Å²) < 4.78 is 16.9. The molecule has 386 valence electrons. The smallest absolute Gasteiger partial charge is 0.306 e. The Hall–Kier alpha value is -1.59. The Bertz CT molecular complexity index is 1010. The number of hydrogen-bond acceptors (Lipinski definition) is 6. The molecule has 6 nitrogen and oxygen atoms in total. The first-order valence-corrected chi connectivity index (χ1v) is 29.1. The summed E-state index contributed by atoms with van der Waals surface area (Å²) in [4.78, 5) is 38.1. The minimum Gasteiger partial charge on any atom is -0.462 e. The van der Waals surface area contributed by atoms with Gasteiger partial charge < -0.3 is 14.2 Å². The number of rotatable bonds is 52. The van der Waals surface area contributed by atoms with E-state index in [2.05, 4.69) is 41.5 Å². The normalized spacial score (nSPS) is 12.6. The molecular formula is C59H114O6. The molecule has 0 aliphatic carbocycles. The maximum atomic E-state index is 12.8. The van der Waals surface area contributed by atoms with Crippen molar-refractivity contribution in [3.63, 3.8) is 0 Å². The number of carbonyl (C=O) groups excluding carboxylic acids is 3. The van der Waals surface area contributed by atoms with Crippen LogP contribution >= 0.6 is 0 Å². The quantitative estimate of drug-likeness (QED) is 0.0344. The van der Waals surface area contributed by atoms with Crippen LogP contribution in [-0.2, 0) is 28.6 Å². The topological polar surface area (TPSA) is 78.9 Å². The van der Waals surface area contributed by atoms with Crippen LogP contribution in [-0.4, -0.2) is 37.2 Å². The lowest BCUT2D eigenvalue weighted by Gasteiger charge is -2.18. The van der Waals surface area contributed by atoms with E-state index in [1.807, 2.05) is 0 Å². The lowest BCUT2D eigenvalue weighted by atomic mass is 9.99. The number of carbonyl (C=O) groups is 3. The van der Waals surface area contributed by atoms with E-state index in [0.717, 1.165) is 75.5 Å². The second-order valence-corrected chi connectivity index (χ2v) is 21.5. The van der Waals surface area contributed by atoms with Crippen LogP contribution in [0.15, 0.2) is 0 Å². The zero-order chi connectivity index (χ0) is 47.7. The second kappa shape index (κ2) is 50.3. The first-order valence-electron chi connectivity index (χ1n) is 29.1. The fraction of sp³-hybridized carbons (Fsp3) is 0.949. The molecule has 0 aliphatic rings. The molecule has 0 aromatic heterocycles. The van der Waals surface area contributed by atoms with Crippen molar-refractivity contribution in [1.82, 2.24) is 0 Å². The van der Waals surface area contributed by atoms with Gasteiger partial charge in [-0.15, -0.1) is 0 Å². The Kier molecular flexibility index (Phi) is 49.1. The molecule has 0 aromatic rings. The number of ether oxygens (including phenoxy) is 3. The Morgan fingerprint density at radius 3 is 0.800 bits per heavy atom. The average Bonchev–Trinajstić information content (AvgIpc) is 3.28. The Morgan fingerprint density at radius 1 is 0.308 bits per heavy atom. The predicted molar refractivity (Wildman–Crippen MR) is 279 cm³/mol. The largest absolute Gasteiger partial charge is 0.462 e. The molecule has 0 saturated carbocycles.